The number of ether oxygens (including phenoxy) is 2. The molecule has 84 valence electrons. The number of hydrogen-bond acceptors (Lipinski definition) is 3. The standard InChI is InChI=1S/C10H12ClFO3/c1-14-10(13)4-5-15-9-3-2-7(12)6-8(9)11/h6H,2-5H2,1H3. The number of carbonyl (C=O) groups is 1. The highest BCUT2D eigenvalue weighted by Gasteiger charge is 2.13. The third-order valence-electron chi connectivity index (χ3n) is 1.95. The van der Waals surface area contributed by atoms with E-state index in [0.717, 1.165) is 0 Å². The molecule has 0 fully saturated rings. The molecular formula is C10H12ClFO3. The molecule has 1 aliphatic rings. The molecule has 0 radical (unpaired) electrons. The predicted molar refractivity (Wildman–Crippen MR) is 53.9 cm³/mol. The van der Waals surface area contributed by atoms with E-state index in [1.165, 1.54) is 13.2 Å². The summed E-state index contributed by atoms with van der Waals surface area (Å²) in [4.78, 5) is 10.8. The fraction of sp³-hybridized carbons (Fsp3) is 0.500. The van der Waals surface area contributed by atoms with Crippen LogP contribution in [0.1, 0.15) is 19.3 Å². The molecule has 0 bridgehead atoms. The Morgan fingerprint density at radius 3 is 2.93 bits per heavy atom. The maximum Gasteiger partial charge on any atom is 0.308 e. The van der Waals surface area contributed by atoms with E-state index in [1.54, 1.807) is 0 Å². The molecule has 1 aliphatic carbocycles. The molecular weight excluding hydrogens is 223 g/mol. The van der Waals surface area contributed by atoms with Crippen LogP contribution in [0.15, 0.2) is 22.7 Å². The molecule has 3 nitrogen and oxygen atoms in total. The van der Waals surface area contributed by atoms with Crippen molar-refractivity contribution in [3.05, 3.63) is 22.7 Å². The Labute approximate surface area is 92.5 Å². The number of methoxy groups -OCH3 is 1. The normalized spacial score (nSPS) is 16.1. The molecule has 0 aromatic rings. The highest BCUT2D eigenvalue weighted by molar-refractivity contribution is 6.31. The summed E-state index contributed by atoms with van der Waals surface area (Å²) in [6.45, 7) is 0.202. The van der Waals surface area contributed by atoms with Gasteiger partial charge in [-0.3, -0.25) is 4.79 Å². The van der Waals surface area contributed by atoms with Gasteiger partial charge in [-0.05, 0) is 6.08 Å². The first kappa shape index (κ1) is 12.0. The van der Waals surface area contributed by atoms with Crippen molar-refractivity contribution in [3.63, 3.8) is 0 Å². The average molecular weight is 235 g/mol. The molecule has 0 saturated heterocycles. The SMILES string of the molecule is COC(=O)CCOC1=C(Cl)C=C(F)CC1. The molecule has 0 spiro atoms. The van der Waals surface area contributed by atoms with Gasteiger partial charge in [0.2, 0.25) is 0 Å². The monoisotopic (exact) mass is 234 g/mol. The van der Waals surface area contributed by atoms with Crippen molar-refractivity contribution in [2.75, 3.05) is 13.7 Å². The Bertz CT molecular complexity index is 310. The second-order valence-corrected chi connectivity index (χ2v) is 3.44. The van der Waals surface area contributed by atoms with Gasteiger partial charge in [0.25, 0.3) is 0 Å². The van der Waals surface area contributed by atoms with Gasteiger partial charge in [0.05, 0.1) is 25.2 Å². The Morgan fingerprint density at radius 1 is 1.60 bits per heavy atom. The lowest BCUT2D eigenvalue weighted by atomic mass is 10.1. The van der Waals surface area contributed by atoms with E-state index in [2.05, 4.69) is 4.74 Å². The first-order chi connectivity index (χ1) is 7.13. The zero-order valence-electron chi connectivity index (χ0n) is 8.39. The Morgan fingerprint density at radius 2 is 2.33 bits per heavy atom. The van der Waals surface area contributed by atoms with Crippen molar-refractivity contribution in [2.45, 2.75) is 19.3 Å². The van der Waals surface area contributed by atoms with E-state index >= 15 is 0 Å². The molecule has 0 aliphatic heterocycles. The summed E-state index contributed by atoms with van der Waals surface area (Å²) in [5.41, 5.74) is 0. The van der Waals surface area contributed by atoms with Gasteiger partial charge in [-0.1, -0.05) is 11.6 Å². The summed E-state index contributed by atoms with van der Waals surface area (Å²) in [5.74, 6) is -0.0634. The van der Waals surface area contributed by atoms with Gasteiger partial charge in [-0.25, -0.2) is 4.39 Å². The second kappa shape index (κ2) is 5.75. The average Bonchev–Trinajstić information content (AvgIpc) is 2.21. The summed E-state index contributed by atoms with van der Waals surface area (Å²) in [7, 11) is 1.31. The van der Waals surface area contributed by atoms with Crippen molar-refractivity contribution in [3.8, 4) is 0 Å². The van der Waals surface area contributed by atoms with E-state index in [-0.39, 0.29) is 29.9 Å². The van der Waals surface area contributed by atoms with Crippen molar-refractivity contribution in [1.82, 2.24) is 0 Å². The van der Waals surface area contributed by atoms with E-state index in [4.69, 9.17) is 16.3 Å². The maximum absolute atomic E-state index is 12.7. The van der Waals surface area contributed by atoms with E-state index in [1.807, 2.05) is 0 Å². The lowest BCUT2D eigenvalue weighted by Gasteiger charge is -2.14. The van der Waals surface area contributed by atoms with Crippen LogP contribution in [-0.4, -0.2) is 19.7 Å². The molecule has 1 rings (SSSR count). The van der Waals surface area contributed by atoms with E-state index in [9.17, 15) is 9.18 Å². The number of halogens is 2. The fourth-order valence-electron chi connectivity index (χ4n) is 1.14. The summed E-state index contributed by atoms with van der Waals surface area (Å²) >= 11 is 5.75. The number of allylic oxidation sites excluding steroid dienone is 4. The first-order valence-electron chi connectivity index (χ1n) is 4.58. The minimum Gasteiger partial charge on any atom is -0.496 e. The number of carbonyl (C=O) groups excluding carboxylic acids is 1. The second-order valence-electron chi connectivity index (χ2n) is 3.04. The molecule has 0 N–H and O–H groups in total. The number of hydrogen-bond donors (Lipinski definition) is 0. The fourth-order valence-corrected chi connectivity index (χ4v) is 1.41. The van der Waals surface area contributed by atoms with Crippen LogP contribution in [0, 0.1) is 0 Å². The van der Waals surface area contributed by atoms with Crippen LogP contribution in [0.3, 0.4) is 0 Å². The van der Waals surface area contributed by atoms with Crippen LogP contribution in [0.25, 0.3) is 0 Å². The van der Waals surface area contributed by atoms with Crippen molar-refractivity contribution in [1.29, 1.82) is 0 Å². The minimum absolute atomic E-state index is 0.163. The minimum atomic E-state index is -0.343. The molecule has 0 aromatic heterocycles. The summed E-state index contributed by atoms with van der Waals surface area (Å²) in [6, 6.07) is 0. The molecule has 0 heterocycles. The van der Waals surface area contributed by atoms with Crippen LogP contribution < -0.4 is 0 Å². The number of rotatable bonds is 4. The lowest BCUT2D eigenvalue weighted by molar-refractivity contribution is -0.141. The smallest absolute Gasteiger partial charge is 0.308 e. The Kier molecular flexibility index (Phi) is 4.62. The van der Waals surface area contributed by atoms with Crippen molar-refractivity contribution < 1.29 is 18.7 Å². The number of esters is 1. The van der Waals surface area contributed by atoms with Crippen LogP contribution >= 0.6 is 11.6 Å². The van der Waals surface area contributed by atoms with Gasteiger partial charge in [0, 0.05) is 12.8 Å². The third-order valence-corrected chi connectivity index (χ3v) is 2.27. The third kappa shape index (κ3) is 3.91. The van der Waals surface area contributed by atoms with E-state index in [0.29, 0.717) is 18.6 Å². The van der Waals surface area contributed by atoms with Crippen LogP contribution in [-0.2, 0) is 14.3 Å². The molecule has 0 aromatic carbocycles. The quantitative estimate of drug-likeness (QED) is 0.702. The Balaban J connectivity index is 2.39. The van der Waals surface area contributed by atoms with Crippen LogP contribution in [0.4, 0.5) is 4.39 Å². The van der Waals surface area contributed by atoms with Gasteiger partial charge in [-0.2, -0.15) is 0 Å². The topological polar surface area (TPSA) is 35.5 Å². The zero-order valence-corrected chi connectivity index (χ0v) is 9.14. The summed E-state index contributed by atoms with van der Waals surface area (Å²) in [6.07, 6.45) is 2.13. The van der Waals surface area contributed by atoms with Gasteiger partial charge < -0.3 is 9.47 Å². The van der Waals surface area contributed by atoms with Crippen molar-refractivity contribution in [2.24, 2.45) is 0 Å². The van der Waals surface area contributed by atoms with Crippen LogP contribution in [0.5, 0.6) is 0 Å². The van der Waals surface area contributed by atoms with Gasteiger partial charge in [-0.15, -0.1) is 0 Å². The zero-order chi connectivity index (χ0) is 11.3. The molecule has 0 atom stereocenters. The molecule has 0 amide bonds. The predicted octanol–water partition coefficient (Wildman–Crippen LogP) is 2.66. The molecule has 15 heavy (non-hydrogen) atoms. The molecule has 5 heteroatoms. The van der Waals surface area contributed by atoms with Gasteiger partial charge in [0.1, 0.15) is 11.6 Å². The van der Waals surface area contributed by atoms with Crippen molar-refractivity contribution >= 4 is 17.6 Å². The summed E-state index contributed by atoms with van der Waals surface area (Å²) in [5, 5.41) is 0.267. The van der Waals surface area contributed by atoms with E-state index < -0.39 is 0 Å². The Hall–Kier alpha value is -1.03. The first-order valence-corrected chi connectivity index (χ1v) is 4.95. The van der Waals surface area contributed by atoms with Gasteiger partial charge >= 0.3 is 5.97 Å². The molecule has 0 unspecified atom stereocenters. The maximum atomic E-state index is 12.7. The largest absolute Gasteiger partial charge is 0.496 e. The highest BCUT2D eigenvalue weighted by atomic mass is 35.5. The summed E-state index contributed by atoms with van der Waals surface area (Å²) < 4.78 is 22.4. The van der Waals surface area contributed by atoms with Crippen LogP contribution in [0.2, 0.25) is 0 Å². The van der Waals surface area contributed by atoms with Gasteiger partial charge in [0.15, 0.2) is 0 Å². The highest BCUT2D eigenvalue weighted by Crippen LogP contribution is 2.27. The molecule has 0 saturated carbocycles. The lowest BCUT2D eigenvalue weighted by Crippen LogP contribution is -2.07.